The maximum absolute atomic E-state index is 12.8. The second-order valence-corrected chi connectivity index (χ2v) is 9.86. The van der Waals surface area contributed by atoms with Crippen LogP contribution in [0, 0.1) is 0 Å². The van der Waals surface area contributed by atoms with E-state index in [2.05, 4.69) is 0 Å². The van der Waals surface area contributed by atoms with Crippen LogP contribution < -0.4 is 4.90 Å². The van der Waals surface area contributed by atoms with Crippen LogP contribution in [0.4, 0.5) is 0 Å². The van der Waals surface area contributed by atoms with Gasteiger partial charge in [-0.05, 0) is 38.0 Å². The number of benzene rings is 1. The predicted molar refractivity (Wildman–Crippen MR) is 105 cm³/mol. The summed E-state index contributed by atoms with van der Waals surface area (Å²) in [7, 11) is -3.54. The van der Waals surface area contributed by atoms with Crippen LogP contribution in [0.1, 0.15) is 32.6 Å². The van der Waals surface area contributed by atoms with Crippen LogP contribution in [0.25, 0.3) is 0 Å². The number of sulfonamides is 1. The lowest BCUT2D eigenvalue weighted by molar-refractivity contribution is -0.918. The lowest BCUT2D eigenvalue weighted by atomic mass is 10.2. The SMILES string of the molecule is C[C@@H](C(=O)N1CCCCCC1)[NH+]1CCN(S(=O)(=O)c2cccc(Cl)c2)CC1. The number of hydrogen-bond acceptors (Lipinski definition) is 3. The van der Waals surface area contributed by atoms with Crippen molar-refractivity contribution < 1.29 is 18.1 Å². The van der Waals surface area contributed by atoms with Gasteiger partial charge in [0.05, 0.1) is 31.1 Å². The van der Waals surface area contributed by atoms with Crippen LogP contribution in [0.2, 0.25) is 5.02 Å². The number of hydrogen-bond donors (Lipinski definition) is 1. The van der Waals surface area contributed by atoms with Crippen molar-refractivity contribution in [2.75, 3.05) is 39.3 Å². The van der Waals surface area contributed by atoms with E-state index in [9.17, 15) is 13.2 Å². The number of quaternary nitrogens is 1. The summed E-state index contributed by atoms with van der Waals surface area (Å²) in [5.74, 6) is 0.207. The molecule has 0 radical (unpaired) electrons. The molecule has 1 aromatic carbocycles. The molecule has 1 amide bonds. The molecule has 2 fully saturated rings. The summed E-state index contributed by atoms with van der Waals surface area (Å²) in [6.45, 7) is 5.80. The van der Waals surface area contributed by atoms with Crippen molar-refractivity contribution in [1.82, 2.24) is 9.21 Å². The van der Waals surface area contributed by atoms with Crippen LogP contribution in [-0.4, -0.2) is 68.8 Å². The van der Waals surface area contributed by atoms with Gasteiger partial charge in [0.25, 0.3) is 5.91 Å². The molecule has 0 bridgehead atoms. The zero-order valence-corrected chi connectivity index (χ0v) is 17.4. The van der Waals surface area contributed by atoms with Gasteiger partial charge in [0.1, 0.15) is 0 Å². The summed E-state index contributed by atoms with van der Waals surface area (Å²) in [6.07, 6.45) is 4.56. The van der Waals surface area contributed by atoms with E-state index >= 15 is 0 Å². The minimum absolute atomic E-state index is 0.126. The van der Waals surface area contributed by atoms with Crippen LogP contribution >= 0.6 is 11.6 Å². The molecule has 1 atom stereocenters. The predicted octanol–water partition coefficient (Wildman–Crippen LogP) is 1.02. The summed E-state index contributed by atoms with van der Waals surface area (Å²) in [5, 5.41) is 0.414. The van der Waals surface area contributed by atoms with Gasteiger partial charge in [0.15, 0.2) is 6.04 Å². The highest BCUT2D eigenvalue weighted by atomic mass is 35.5. The Morgan fingerprint density at radius 2 is 1.70 bits per heavy atom. The molecular weight excluding hydrogens is 386 g/mol. The first kappa shape index (κ1) is 20.6. The number of piperazine rings is 1. The Hall–Kier alpha value is -1.15. The third-order valence-electron chi connectivity index (χ3n) is 5.70. The highest BCUT2D eigenvalue weighted by Crippen LogP contribution is 2.19. The topological polar surface area (TPSA) is 62.1 Å². The van der Waals surface area contributed by atoms with E-state index in [-0.39, 0.29) is 16.8 Å². The van der Waals surface area contributed by atoms with Gasteiger partial charge in [-0.3, -0.25) is 4.79 Å². The van der Waals surface area contributed by atoms with Crippen LogP contribution in [0.5, 0.6) is 0 Å². The molecule has 3 rings (SSSR count). The molecule has 2 aliphatic rings. The Bertz CT molecular complexity index is 755. The zero-order valence-electron chi connectivity index (χ0n) is 15.9. The van der Waals surface area contributed by atoms with E-state index in [0.717, 1.165) is 25.9 Å². The van der Waals surface area contributed by atoms with Crippen molar-refractivity contribution in [2.24, 2.45) is 0 Å². The minimum Gasteiger partial charge on any atom is -0.338 e. The number of nitrogens with one attached hydrogen (secondary N) is 1. The molecule has 1 aromatic rings. The first-order valence-corrected chi connectivity index (χ1v) is 11.6. The number of halogens is 1. The maximum atomic E-state index is 12.8. The van der Waals surface area contributed by atoms with Crippen molar-refractivity contribution in [2.45, 2.75) is 43.5 Å². The van der Waals surface area contributed by atoms with Gasteiger partial charge >= 0.3 is 0 Å². The van der Waals surface area contributed by atoms with Crippen LogP contribution in [0.15, 0.2) is 29.2 Å². The molecule has 8 heteroatoms. The maximum Gasteiger partial charge on any atom is 0.280 e. The normalized spacial score (nSPS) is 21.6. The van der Waals surface area contributed by atoms with E-state index < -0.39 is 10.0 Å². The first-order valence-electron chi connectivity index (χ1n) is 9.78. The lowest BCUT2D eigenvalue weighted by Crippen LogP contribution is -3.19. The molecule has 1 N–H and O–H groups in total. The molecule has 150 valence electrons. The Morgan fingerprint density at radius 3 is 2.30 bits per heavy atom. The van der Waals surface area contributed by atoms with Crippen LogP contribution in [0.3, 0.4) is 0 Å². The second-order valence-electron chi connectivity index (χ2n) is 7.48. The van der Waals surface area contributed by atoms with E-state index in [0.29, 0.717) is 31.2 Å². The molecule has 0 spiro atoms. The van der Waals surface area contributed by atoms with Gasteiger partial charge in [0, 0.05) is 18.1 Å². The smallest absolute Gasteiger partial charge is 0.280 e. The fraction of sp³-hybridized carbons (Fsp3) is 0.632. The monoisotopic (exact) mass is 414 g/mol. The van der Waals surface area contributed by atoms with Crippen LogP contribution in [-0.2, 0) is 14.8 Å². The number of nitrogens with zero attached hydrogens (tertiary/aromatic N) is 2. The van der Waals surface area contributed by atoms with E-state index in [1.54, 1.807) is 18.2 Å². The fourth-order valence-corrected chi connectivity index (χ4v) is 5.71. The van der Waals surface area contributed by atoms with E-state index in [1.165, 1.54) is 28.1 Å². The average Bonchev–Trinajstić information content (AvgIpc) is 2.96. The third-order valence-corrected chi connectivity index (χ3v) is 7.83. The number of rotatable bonds is 4. The summed E-state index contributed by atoms with van der Waals surface area (Å²) in [5.41, 5.74) is 0. The third kappa shape index (κ3) is 4.83. The molecule has 0 saturated carbocycles. The van der Waals surface area contributed by atoms with Gasteiger partial charge in [0.2, 0.25) is 10.0 Å². The van der Waals surface area contributed by atoms with Gasteiger partial charge < -0.3 is 9.80 Å². The van der Waals surface area contributed by atoms with E-state index in [4.69, 9.17) is 11.6 Å². The summed E-state index contributed by atoms with van der Waals surface area (Å²) >= 11 is 5.95. The highest BCUT2D eigenvalue weighted by Gasteiger charge is 2.36. The quantitative estimate of drug-likeness (QED) is 0.800. The molecule has 0 aliphatic carbocycles. The summed E-state index contributed by atoms with van der Waals surface area (Å²) < 4.78 is 27.1. The molecular formula is C19H29ClN3O3S+. The van der Waals surface area contributed by atoms with Crippen molar-refractivity contribution in [3.63, 3.8) is 0 Å². The number of carbonyl (C=O) groups excluding carboxylic acids is 1. The van der Waals surface area contributed by atoms with Gasteiger partial charge in [-0.2, -0.15) is 4.31 Å². The molecule has 0 unspecified atom stereocenters. The van der Waals surface area contributed by atoms with E-state index in [1.807, 2.05) is 11.8 Å². The van der Waals surface area contributed by atoms with Crippen molar-refractivity contribution in [1.29, 1.82) is 0 Å². The second kappa shape index (κ2) is 8.90. The molecule has 2 saturated heterocycles. The lowest BCUT2D eigenvalue weighted by Gasteiger charge is -2.35. The van der Waals surface area contributed by atoms with Crippen molar-refractivity contribution in [3.05, 3.63) is 29.3 Å². The molecule has 2 heterocycles. The average molecular weight is 415 g/mol. The Balaban J connectivity index is 1.60. The minimum atomic E-state index is -3.54. The molecule has 2 aliphatic heterocycles. The summed E-state index contributed by atoms with van der Waals surface area (Å²) in [4.78, 5) is 16.2. The first-order chi connectivity index (χ1) is 12.9. The Kier molecular flexibility index (Phi) is 6.78. The standard InChI is InChI=1S/C19H28ClN3O3S/c1-16(19(24)22-9-4-2-3-5-10-22)21-11-13-23(14-12-21)27(25,26)18-8-6-7-17(20)15-18/h6-8,15-16H,2-5,9-14H2,1H3/p+1/t16-/m0/s1. The molecule has 27 heavy (non-hydrogen) atoms. The number of likely N-dealkylation sites (tertiary alicyclic amines) is 1. The number of carbonyl (C=O) groups is 1. The highest BCUT2D eigenvalue weighted by molar-refractivity contribution is 7.89. The molecule has 0 aromatic heterocycles. The number of amides is 1. The largest absolute Gasteiger partial charge is 0.338 e. The fourth-order valence-electron chi connectivity index (χ4n) is 3.96. The van der Waals surface area contributed by atoms with Crippen molar-refractivity contribution >= 4 is 27.5 Å². The van der Waals surface area contributed by atoms with Gasteiger partial charge in [-0.25, -0.2) is 8.42 Å². The Labute approximate surface area is 167 Å². The van der Waals surface area contributed by atoms with Crippen molar-refractivity contribution in [3.8, 4) is 0 Å². The summed E-state index contributed by atoms with van der Waals surface area (Å²) in [6, 6.07) is 6.25. The van der Waals surface area contributed by atoms with Gasteiger partial charge in [-0.1, -0.05) is 30.5 Å². The Morgan fingerprint density at radius 1 is 1.07 bits per heavy atom. The zero-order chi connectivity index (χ0) is 19.4. The van der Waals surface area contributed by atoms with Gasteiger partial charge in [-0.15, -0.1) is 0 Å². The molecule has 6 nitrogen and oxygen atoms in total.